The predicted octanol–water partition coefficient (Wildman–Crippen LogP) is 12.3. The van der Waals surface area contributed by atoms with Crippen molar-refractivity contribution in [2.45, 2.75) is 213 Å². The van der Waals surface area contributed by atoms with Crippen molar-refractivity contribution in [1.82, 2.24) is 0 Å². The number of hydrogen-bond acceptors (Lipinski definition) is 4. The van der Waals surface area contributed by atoms with E-state index in [1.54, 1.807) is 0 Å². The first-order valence-corrected chi connectivity index (χ1v) is 21.3. The van der Waals surface area contributed by atoms with Crippen molar-refractivity contribution in [3.05, 3.63) is 0 Å². The average Bonchev–Trinajstić information content (AvgIpc) is 2.98. The van der Waals surface area contributed by atoms with Gasteiger partial charge in [-0.05, 0) is 40.2 Å². The first-order valence-electron chi connectivity index (χ1n) is 19.4. The Morgan fingerprint density at radius 2 is 0.500 bits per heavy atom. The first kappa shape index (κ1) is 42.1. The SMILES string of the molecule is CCO[Si](CCCCCCCCCCCCCCCCCCCCCCCCCCCCCCCN)(OCC)OCC. The highest BCUT2D eigenvalue weighted by molar-refractivity contribution is 6.60. The van der Waals surface area contributed by atoms with Crippen molar-refractivity contribution in [3.8, 4) is 0 Å². The highest BCUT2D eigenvalue weighted by Gasteiger charge is 2.39. The van der Waals surface area contributed by atoms with E-state index in [0.717, 1.165) is 12.6 Å². The van der Waals surface area contributed by atoms with E-state index in [-0.39, 0.29) is 0 Å². The summed E-state index contributed by atoms with van der Waals surface area (Å²) >= 11 is 0. The van der Waals surface area contributed by atoms with E-state index in [9.17, 15) is 0 Å². The molecule has 2 N–H and O–H groups in total. The fraction of sp³-hybridized carbons (Fsp3) is 1.00. The van der Waals surface area contributed by atoms with Crippen molar-refractivity contribution in [2.24, 2.45) is 5.73 Å². The minimum atomic E-state index is -2.42. The zero-order valence-electron chi connectivity index (χ0n) is 29.3. The predicted molar refractivity (Wildman–Crippen MR) is 188 cm³/mol. The van der Waals surface area contributed by atoms with Crippen molar-refractivity contribution in [1.29, 1.82) is 0 Å². The Labute approximate surface area is 266 Å². The highest BCUT2D eigenvalue weighted by Crippen LogP contribution is 2.21. The quantitative estimate of drug-likeness (QED) is 0.0559. The van der Waals surface area contributed by atoms with E-state index in [1.807, 2.05) is 20.8 Å². The number of nitrogens with two attached hydrogens (primary N) is 1. The Balaban J connectivity index is 3.24. The molecule has 42 heavy (non-hydrogen) atoms. The van der Waals surface area contributed by atoms with Crippen molar-refractivity contribution in [3.63, 3.8) is 0 Å². The molecule has 0 atom stereocenters. The highest BCUT2D eigenvalue weighted by atomic mass is 28.4. The maximum absolute atomic E-state index is 5.97. The van der Waals surface area contributed by atoms with Crippen LogP contribution in [-0.2, 0) is 13.3 Å². The molecule has 0 spiro atoms. The van der Waals surface area contributed by atoms with Gasteiger partial charge in [-0.1, -0.05) is 173 Å². The Morgan fingerprint density at radius 3 is 0.690 bits per heavy atom. The van der Waals surface area contributed by atoms with Gasteiger partial charge in [0.1, 0.15) is 0 Å². The van der Waals surface area contributed by atoms with Crippen LogP contribution in [-0.4, -0.2) is 35.2 Å². The lowest BCUT2D eigenvalue weighted by Crippen LogP contribution is -2.45. The zero-order valence-corrected chi connectivity index (χ0v) is 30.3. The van der Waals surface area contributed by atoms with Crippen LogP contribution in [0, 0.1) is 0 Å². The summed E-state index contributed by atoms with van der Waals surface area (Å²) in [6.45, 7) is 9.05. The molecule has 0 fully saturated rings. The Hall–Kier alpha value is 0.0569. The third-order valence-corrected chi connectivity index (χ3v) is 11.9. The molecule has 5 heteroatoms. The Kier molecular flexibility index (Phi) is 35.6. The molecule has 0 aromatic rings. The summed E-state index contributed by atoms with van der Waals surface area (Å²) in [4.78, 5) is 0. The number of hydrogen-bond donors (Lipinski definition) is 1. The summed E-state index contributed by atoms with van der Waals surface area (Å²) in [7, 11) is -2.42. The van der Waals surface area contributed by atoms with E-state index in [1.165, 1.54) is 186 Å². The molecule has 0 aliphatic rings. The average molecular weight is 614 g/mol. The summed E-state index contributed by atoms with van der Waals surface area (Å²) in [5.74, 6) is 0. The molecule has 0 radical (unpaired) electrons. The summed E-state index contributed by atoms with van der Waals surface area (Å²) in [6, 6.07) is 0.972. The molecule has 0 saturated carbocycles. The summed E-state index contributed by atoms with van der Waals surface area (Å²) < 4.78 is 17.9. The monoisotopic (exact) mass is 614 g/mol. The van der Waals surface area contributed by atoms with Gasteiger partial charge in [0, 0.05) is 25.9 Å². The number of unbranched alkanes of at least 4 members (excludes halogenated alkanes) is 28. The van der Waals surface area contributed by atoms with Crippen LogP contribution >= 0.6 is 0 Å². The van der Waals surface area contributed by atoms with Gasteiger partial charge in [-0.3, -0.25) is 0 Å². The molecule has 0 aliphatic heterocycles. The second-order valence-electron chi connectivity index (χ2n) is 12.8. The van der Waals surface area contributed by atoms with Gasteiger partial charge in [0.2, 0.25) is 0 Å². The van der Waals surface area contributed by atoms with Gasteiger partial charge in [0.05, 0.1) is 0 Å². The van der Waals surface area contributed by atoms with Gasteiger partial charge in [-0.25, -0.2) is 0 Å². The smallest absolute Gasteiger partial charge is 0.374 e. The van der Waals surface area contributed by atoms with E-state index in [0.29, 0.717) is 19.8 Å². The minimum Gasteiger partial charge on any atom is -0.374 e. The lowest BCUT2D eigenvalue weighted by Gasteiger charge is -2.28. The summed E-state index contributed by atoms with van der Waals surface area (Å²) in [5.41, 5.74) is 5.55. The van der Waals surface area contributed by atoms with Crippen LogP contribution in [0.2, 0.25) is 6.04 Å². The Morgan fingerprint density at radius 1 is 0.310 bits per heavy atom. The molecular weight excluding hydrogens is 534 g/mol. The fourth-order valence-corrected chi connectivity index (χ4v) is 8.95. The molecule has 0 aliphatic carbocycles. The second kappa shape index (κ2) is 35.5. The van der Waals surface area contributed by atoms with Crippen LogP contribution in [0.4, 0.5) is 0 Å². The largest absolute Gasteiger partial charge is 0.500 e. The lowest BCUT2D eigenvalue weighted by molar-refractivity contribution is 0.0706. The standard InChI is InChI=1S/C37H79NO3Si/c1-4-39-42(40-5-2,41-6-3)37-35-33-31-29-27-25-23-21-19-17-15-13-11-9-7-8-10-12-14-16-18-20-22-24-26-28-30-32-34-36-38/h4-38H2,1-3H3. The van der Waals surface area contributed by atoms with E-state index < -0.39 is 8.80 Å². The molecular formula is C37H79NO3Si. The Bertz CT molecular complexity index is 477. The minimum absolute atomic E-state index is 0.685. The van der Waals surface area contributed by atoms with Gasteiger partial charge < -0.3 is 19.0 Å². The van der Waals surface area contributed by atoms with Gasteiger partial charge in [0.25, 0.3) is 0 Å². The summed E-state index contributed by atoms with van der Waals surface area (Å²) in [6.07, 6.45) is 41.1. The van der Waals surface area contributed by atoms with Crippen LogP contribution in [0.15, 0.2) is 0 Å². The lowest BCUT2D eigenvalue weighted by atomic mass is 10.0. The molecule has 0 amide bonds. The van der Waals surface area contributed by atoms with Crippen molar-refractivity contribution in [2.75, 3.05) is 26.4 Å². The molecule has 0 bridgehead atoms. The molecule has 0 heterocycles. The molecule has 0 saturated heterocycles. The third kappa shape index (κ3) is 30.1. The van der Waals surface area contributed by atoms with Crippen molar-refractivity contribution < 1.29 is 13.3 Å². The topological polar surface area (TPSA) is 53.7 Å². The zero-order chi connectivity index (χ0) is 30.7. The molecule has 4 nitrogen and oxygen atoms in total. The van der Waals surface area contributed by atoms with Crippen LogP contribution in [0.25, 0.3) is 0 Å². The van der Waals surface area contributed by atoms with Crippen LogP contribution < -0.4 is 5.73 Å². The molecule has 0 aromatic heterocycles. The van der Waals surface area contributed by atoms with Gasteiger partial charge >= 0.3 is 8.80 Å². The van der Waals surface area contributed by atoms with Gasteiger partial charge in [-0.2, -0.15) is 0 Å². The van der Waals surface area contributed by atoms with Crippen LogP contribution in [0.5, 0.6) is 0 Å². The third-order valence-electron chi connectivity index (χ3n) is 8.78. The molecule has 254 valence electrons. The number of rotatable bonds is 37. The van der Waals surface area contributed by atoms with Gasteiger partial charge in [-0.15, -0.1) is 0 Å². The maximum atomic E-state index is 5.97. The maximum Gasteiger partial charge on any atom is 0.500 e. The van der Waals surface area contributed by atoms with E-state index >= 15 is 0 Å². The van der Waals surface area contributed by atoms with Gasteiger partial charge in [0.15, 0.2) is 0 Å². The van der Waals surface area contributed by atoms with E-state index in [4.69, 9.17) is 19.0 Å². The molecule has 0 rings (SSSR count). The summed E-state index contributed by atoms with van der Waals surface area (Å²) in [5, 5.41) is 0. The molecule has 0 aromatic carbocycles. The normalized spacial score (nSPS) is 12.0. The first-order chi connectivity index (χ1) is 20.7. The van der Waals surface area contributed by atoms with Crippen LogP contribution in [0.1, 0.15) is 207 Å². The fourth-order valence-electron chi connectivity index (χ4n) is 6.26. The molecule has 0 unspecified atom stereocenters. The van der Waals surface area contributed by atoms with Crippen LogP contribution in [0.3, 0.4) is 0 Å². The van der Waals surface area contributed by atoms with E-state index in [2.05, 4.69) is 0 Å². The second-order valence-corrected chi connectivity index (χ2v) is 15.5. The van der Waals surface area contributed by atoms with Crippen molar-refractivity contribution >= 4 is 8.80 Å².